The summed E-state index contributed by atoms with van der Waals surface area (Å²) in [5.41, 5.74) is 11.2. The predicted molar refractivity (Wildman–Crippen MR) is 81.3 cm³/mol. The molecule has 1 aliphatic heterocycles. The molecule has 8 heteroatoms. The van der Waals surface area contributed by atoms with Gasteiger partial charge in [-0.2, -0.15) is 4.31 Å². The molecule has 0 aliphatic carbocycles. The number of hydrogen-bond acceptors (Lipinski definition) is 4. The molecule has 1 aromatic rings. The van der Waals surface area contributed by atoms with E-state index in [1.165, 1.54) is 16.4 Å². The molecule has 1 fully saturated rings. The van der Waals surface area contributed by atoms with Gasteiger partial charge in [-0.1, -0.05) is 11.6 Å². The molecule has 6 nitrogen and oxygen atoms in total. The number of nitrogens with two attached hydrogens (primary N) is 2. The minimum Gasteiger partial charge on any atom is -0.398 e. The number of amides is 1. The normalized spacial score (nSPS) is 23.4. The topological polar surface area (TPSA) is 106 Å². The number of benzene rings is 1. The van der Waals surface area contributed by atoms with E-state index in [9.17, 15) is 13.2 Å². The highest BCUT2D eigenvalue weighted by Gasteiger charge is 2.43. The van der Waals surface area contributed by atoms with E-state index < -0.39 is 21.3 Å². The molecule has 4 N–H and O–H groups in total. The average molecular weight is 332 g/mol. The van der Waals surface area contributed by atoms with Crippen LogP contribution in [-0.4, -0.2) is 31.7 Å². The van der Waals surface area contributed by atoms with E-state index in [1.807, 2.05) is 0 Å². The largest absolute Gasteiger partial charge is 0.398 e. The molecule has 1 unspecified atom stereocenters. The molecule has 0 radical (unpaired) electrons. The maximum Gasteiger partial charge on any atom is 0.243 e. The Labute approximate surface area is 129 Å². The Hall–Kier alpha value is -1.31. The van der Waals surface area contributed by atoms with Crippen molar-refractivity contribution in [1.29, 1.82) is 0 Å². The molecular formula is C13H18ClN3O3S. The van der Waals surface area contributed by atoms with E-state index in [2.05, 4.69) is 0 Å². The minimum atomic E-state index is -3.74. The van der Waals surface area contributed by atoms with Crippen molar-refractivity contribution >= 4 is 33.2 Å². The Kier molecular flexibility index (Phi) is 3.94. The summed E-state index contributed by atoms with van der Waals surface area (Å²) in [5, 5.41) is 0.297. The number of nitrogens with zero attached hydrogens (tertiary/aromatic N) is 1. The summed E-state index contributed by atoms with van der Waals surface area (Å²) in [6.45, 7) is 3.69. The third-order valence-corrected chi connectivity index (χ3v) is 6.24. The van der Waals surface area contributed by atoms with Gasteiger partial charge in [0.1, 0.15) is 0 Å². The first-order valence-corrected chi connectivity index (χ1v) is 8.25. The summed E-state index contributed by atoms with van der Waals surface area (Å²) in [4.78, 5) is 11.5. The van der Waals surface area contributed by atoms with E-state index in [-0.39, 0.29) is 18.0 Å². The Morgan fingerprint density at radius 2 is 2.05 bits per heavy atom. The number of primary amides is 1. The Morgan fingerprint density at radius 3 is 2.52 bits per heavy atom. The van der Waals surface area contributed by atoms with Crippen LogP contribution in [0.2, 0.25) is 5.02 Å². The van der Waals surface area contributed by atoms with Crippen molar-refractivity contribution in [2.24, 2.45) is 11.1 Å². The molecular weight excluding hydrogens is 314 g/mol. The molecule has 2 rings (SSSR count). The zero-order chi connectivity index (χ0) is 16.0. The van der Waals surface area contributed by atoms with Gasteiger partial charge in [0, 0.05) is 23.8 Å². The lowest BCUT2D eigenvalue weighted by Gasteiger charge is -2.21. The van der Waals surface area contributed by atoms with Crippen LogP contribution in [-0.2, 0) is 14.8 Å². The highest BCUT2D eigenvalue weighted by molar-refractivity contribution is 7.89. The van der Waals surface area contributed by atoms with Gasteiger partial charge in [-0.25, -0.2) is 8.42 Å². The Morgan fingerprint density at radius 1 is 1.43 bits per heavy atom. The van der Waals surface area contributed by atoms with Crippen LogP contribution < -0.4 is 11.5 Å². The van der Waals surface area contributed by atoms with Crippen LogP contribution in [0.15, 0.2) is 17.0 Å². The second-order valence-electron chi connectivity index (χ2n) is 5.63. The van der Waals surface area contributed by atoms with Gasteiger partial charge in [0.25, 0.3) is 0 Å². The lowest BCUT2D eigenvalue weighted by Crippen LogP contribution is -2.38. The lowest BCUT2D eigenvalue weighted by molar-refractivity contribution is -0.126. The number of rotatable bonds is 3. The summed E-state index contributed by atoms with van der Waals surface area (Å²) in [6, 6.07) is 2.76. The molecule has 0 bridgehead atoms. The molecule has 1 aromatic carbocycles. The van der Waals surface area contributed by atoms with Crippen molar-refractivity contribution < 1.29 is 13.2 Å². The predicted octanol–water partition coefficient (Wildman–Crippen LogP) is 1.12. The quantitative estimate of drug-likeness (QED) is 0.809. The van der Waals surface area contributed by atoms with Crippen molar-refractivity contribution in [3.8, 4) is 0 Å². The fraction of sp³-hybridized carbons (Fsp3) is 0.462. The van der Waals surface area contributed by atoms with Crippen LogP contribution in [0.3, 0.4) is 0 Å². The maximum atomic E-state index is 12.6. The molecule has 21 heavy (non-hydrogen) atoms. The smallest absolute Gasteiger partial charge is 0.243 e. The van der Waals surface area contributed by atoms with Crippen molar-refractivity contribution in [2.75, 3.05) is 18.8 Å². The molecule has 1 saturated heterocycles. The van der Waals surface area contributed by atoms with E-state index >= 15 is 0 Å². The molecule has 1 aliphatic rings. The van der Waals surface area contributed by atoms with Crippen molar-refractivity contribution in [3.05, 3.63) is 22.7 Å². The molecule has 0 spiro atoms. The number of hydrogen-bond donors (Lipinski definition) is 2. The van der Waals surface area contributed by atoms with E-state index in [0.29, 0.717) is 22.7 Å². The number of nitrogen functional groups attached to an aromatic ring is 1. The van der Waals surface area contributed by atoms with Crippen LogP contribution in [0.5, 0.6) is 0 Å². The molecule has 0 aromatic heterocycles. The Balaban J connectivity index is 2.39. The second-order valence-corrected chi connectivity index (χ2v) is 7.98. The highest BCUT2D eigenvalue weighted by Crippen LogP contribution is 2.35. The standard InChI is InChI=1S/C13H18ClN3O3S/c1-8-10(14)5-9(6-11(8)15)21(19,20)17-4-3-13(2,7-17)12(16)18/h5-6H,3-4,7,15H2,1-2H3,(H2,16,18). The summed E-state index contributed by atoms with van der Waals surface area (Å²) in [7, 11) is -3.74. The number of carbonyl (C=O) groups is 1. The number of anilines is 1. The van der Waals surface area contributed by atoms with Crippen LogP contribution >= 0.6 is 11.6 Å². The number of carbonyl (C=O) groups excluding carboxylic acids is 1. The lowest BCUT2D eigenvalue weighted by atomic mass is 9.89. The molecule has 116 valence electrons. The number of halogens is 1. The fourth-order valence-corrected chi connectivity index (χ4v) is 4.22. The second kappa shape index (κ2) is 5.15. The molecule has 1 heterocycles. The third-order valence-electron chi connectivity index (χ3n) is 4.03. The van der Waals surface area contributed by atoms with Gasteiger partial charge in [0.2, 0.25) is 15.9 Å². The van der Waals surface area contributed by atoms with Gasteiger partial charge in [-0.3, -0.25) is 4.79 Å². The molecule has 0 saturated carbocycles. The average Bonchev–Trinajstić information content (AvgIpc) is 2.80. The SMILES string of the molecule is Cc1c(N)cc(S(=O)(=O)N2CCC(C)(C(N)=O)C2)cc1Cl. The first-order valence-electron chi connectivity index (χ1n) is 6.43. The van der Waals surface area contributed by atoms with Gasteiger partial charge in [-0.15, -0.1) is 0 Å². The first-order chi connectivity index (χ1) is 9.58. The Bertz CT molecular complexity index is 682. The first kappa shape index (κ1) is 16.1. The maximum absolute atomic E-state index is 12.6. The van der Waals surface area contributed by atoms with Crippen LogP contribution in [0.4, 0.5) is 5.69 Å². The van der Waals surface area contributed by atoms with Crippen molar-refractivity contribution in [1.82, 2.24) is 4.31 Å². The number of sulfonamides is 1. The summed E-state index contributed by atoms with van der Waals surface area (Å²) < 4.78 is 26.5. The van der Waals surface area contributed by atoms with E-state index in [0.717, 1.165) is 0 Å². The van der Waals surface area contributed by atoms with E-state index in [1.54, 1.807) is 13.8 Å². The summed E-state index contributed by atoms with van der Waals surface area (Å²) in [6.07, 6.45) is 0.399. The zero-order valence-electron chi connectivity index (χ0n) is 11.9. The third kappa shape index (κ3) is 2.73. The van der Waals surface area contributed by atoms with Gasteiger partial charge in [0.05, 0.1) is 10.3 Å². The van der Waals surface area contributed by atoms with Crippen molar-refractivity contribution in [3.63, 3.8) is 0 Å². The minimum absolute atomic E-state index is 0.0318. The monoisotopic (exact) mass is 331 g/mol. The van der Waals surface area contributed by atoms with Gasteiger partial charge in [-0.05, 0) is 38.0 Å². The molecule has 1 amide bonds. The highest BCUT2D eigenvalue weighted by atomic mass is 35.5. The zero-order valence-corrected chi connectivity index (χ0v) is 13.5. The molecule has 1 atom stereocenters. The van der Waals surface area contributed by atoms with Gasteiger partial charge < -0.3 is 11.5 Å². The summed E-state index contributed by atoms with van der Waals surface area (Å²) >= 11 is 6.00. The summed E-state index contributed by atoms with van der Waals surface area (Å²) in [5.74, 6) is -0.498. The van der Waals surface area contributed by atoms with Crippen LogP contribution in [0, 0.1) is 12.3 Å². The van der Waals surface area contributed by atoms with Crippen molar-refractivity contribution in [2.45, 2.75) is 25.2 Å². The fourth-order valence-electron chi connectivity index (χ4n) is 2.30. The van der Waals surface area contributed by atoms with E-state index in [4.69, 9.17) is 23.1 Å². The van der Waals surface area contributed by atoms with Crippen LogP contribution in [0.25, 0.3) is 0 Å². The van der Waals surface area contributed by atoms with Gasteiger partial charge >= 0.3 is 0 Å². The van der Waals surface area contributed by atoms with Crippen LogP contribution in [0.1, 0.15) is 18.9 Å². The van der Waals surface area contributed by atoms with Gasteiger partial charge in [0.15, 0.2) is 0 Å².